The highest BCUT2D eigenvalue weighted by Gasteiger charge is 2.12. The lowest BCUT2D eigenvalue weighted by atomic mass is 10.3. The molecule has 2 heterocycles. The summed E-state index contributed by atoms with van der Waals surface area (Å²) in [5, 5.41) is 6.58. The minimum atomic E-state index is -3.24. The number of nitrogens with one attached hydrogen (secondary N) is 2. The van der Waals surface area contributed by atoms with Gasteiger partial charge < -0.3 is 5.32 Å². The van der Waals surface area contributed by atoms with Gasteiger partial charge in [0.15, 0.2) is 5.65 Å². The molecule has 0 spiro atoms. The molecule has 8 nitrogen and oxygen atoms in total. The molecule has 0 fully saturated rings. The van der Waals surface area contributed by atoms with Crippen molar-refractivity contribution in [1.82, 2.24) is 24.6 Å². The minimum absolute atomic E-state index is 0.136. The van der Waals surface area contributed by atoms with Gasteiger partial charge in [0.05, 0.1) is 12.5 Å². The number of hydrogen-bond donors (Lipinski definition) is 2. The zero-order valence-electron chi connectivity index (χ0n) is 10.2. The van der Waals surface area contributed by atoms with Crippen molar-refractivity contribution in [3.05, 3.63) is 30.2 Å². The second-order valence-electron chi connectivity index (χ2n) is 3.87. The molecule has 9 heteroatoms. The van der Waals surface area contributed by atoms with Crippen molar-refractivity contribution in [2.45, 2.75) is 0 Å². The third kappa shape index (κ3) is 3.48. The lowest BCUT2D eigenvalue weighted by Crippen LogP contribution is -2.34. The Labute approximate surface area is 109 Å². The predicted molar refractivity (Wildman–Crippen MR) is 68.2 cm³/mol. The summed E-state index contributed by atoms with van der Waals surface area (Å²) in [6.45, 7) is 0.327. The van der Waals surface area contributed by atoms with Gasteiger partial charge in [-0.15, -0.1) is 0 Å². The molecule has 2 aromatic heterocycles. The van der Waals surface area contributed by atoms with Crippen molar-refractivity contribution in [3.8, 4) is 0 Å². The summed E-state index contributed by atoms with van der Waals surface area (Å²) in [5.41, 5.74) is 0.802. The molecule has 2 aromatic rings. The average Bonchev–Trinajstić information content (AvgIpc) is 2.77. The summed E-state index contributed by atoms with van der Waals surface area (Å²) < 4.78 is 25.4. The number of aromatic nitrogens is 3. The first kappa shape index (κ1) is 13.4. The largest absolute Gasteiger partial charge is 0.351 e. The van der Waals surface area contributed by atoms with Gasteiger partial charge in [0.1, 0.15) is 5.56 Å². The van der Waals surface area contributed by atoms with Crippen LogP contribution in [-0.2, 0) is 10.0 Å². The van der Waals surface area contributed by atoms with E-state index in [-0.39, 0.29) is 19.0 Å². The molecule has 2 N–H and O–H groups in total. The normalized spacial score (nSPS) is 11.6. The Morgan fingerprint density at radius 2 is 2.21 bits per heavy atom. The van der Waals surface area contributed by atoms with Crippen LogP contribution in [0.15, 0.2) is 24.7 Å². The Kier molecular flexibility index (Phi) is 3.76. The molecule has 0 unspecified atom stereocenters. The number of fused-ring (bicyclic) bond motifs is 1. The number of nitrogens with zero attached hydrogens (tertiary/aromatic N) is 3. The van der Waals surface area contributed by atoms with Gasteiger partial charge in [-0.1, -0.05) is 0 Å². The van der Waals surface area contributed by atoms with Crippen LogP contribution < -0.4 is 10.0 Å². The van der Waals surface area contributed by atoms with E-state index in [1.165, 1.54) is 10.7 Å². The van der Waals surface area contributed by atoms with Crippen LogP contribution in [-0.4, -0.2) is 48.3 Å². The standard InChI is InChI=1S/C10H13N5O3S/c1-19(17,18)14-5-4-12-10(16)8-7-13-15-6-2-3-11-9(8)15/h2-3,6-7,14H,4-5H2,1H3,(H,12,16). The highest BCUT2D eigenvalue weighted by atomic mass is 32.2. The number of carbonyl (C=O) groups excluding carboxylic acids is 1. The SMILES string of the molecule is CS(=O)(=O)NCCNC(=O)c1cnn2cccnc12. The summed E-state index contributed by atoms with van der Waals surface area (Å²) >= 11 is 0. The molecule has 0 aromatic carbocycles. The molecule has 102 valence electrons. The molecule has 0 atom stereocenters. The Balaban J connectivity index is 1.97. The molecule has 0 bridgehead atoms. The third-order valence-corrected chi connectivity index (χ3v) is 3.03. The van der Waals surface area contributed by atoms with Crippen LogP contribution in [0.4, 0.5) is 0 Å². The van der Waals surface area contributed by atoms with Crippen LogP contribution >= 0.6 is 0 Å². The van der Waals surface area contributed by atoms with Crippen molar-refractivity contribution in [2.24, 2.45) is 0 Å². The van der Waals surface area contributed by atoms with Gasteiger partial charge in [0.2, 0.25) is 10.0 Å². The summed E-state index contributed by atoms with van der Waals surface area (Å²) in [4.78, 5) is 15.9. The number of hydrogen-bond acceptors (Lipinski definition) is 5. The summed E-state index contributed by atoms with van der Waals surface area (Å²) in [7, 11) is -3.24. The first-order chi connectivity index (χ1) is 8.97. The minimum Gasteiger partial charge on any atom is -0.351 e. The Morgan fingerprint density at radius 3 is 2.95 bits per heavy atom. The van der Waals surface area contributed by atoms with E-state index in [2.05, 4.69) is 20.1 Å². The first-order valence-electron chi connectivity index (χ1n) is 5.48. The van der Waals surface area contributed by atoms with E-state index in [0.29, 0.717) is 11.2 Å². The molecule has 1 amide bonds. The van der Waals surface area contributed by atoms with Crippen molar-refractivity contribution >= 4 is 21.6 Å². The number of amides is 1. The molecule has 0 saturated carbocycles. The van der Waals surface area contributed by atoms with E-state index >= 15 is 0 Å². The second-order valence-corrected chi connectivity index (χ2v) is 5.70. The van der Waals surface area contributed by atoms with Gasteiger partial charge in [-0.25, -0.2) is 22.6 Å². The van der Waals surface area contributed by atoms with E-state index in [0.717, 1.165) is 6.26 Å². The lowest BCUT2D eigenvalue weighted by molar-refractivity contribution is 0.0955. The van der Waals surface area contributed by atoms with Crippen LogP contribution in [0.1, 0.15) is 10.4 Å². The molecular formula is C10H13N5O3S. The fourth-order valence-corrected chi connectivity index (χ4v) is 1.97. The van der Waals surface area contributed by atoms with E-state index in [4.69, 9.17) is 0 Å². The monoisotopic (exact) mass is 283 g/mol. The van der Waals surface area contributed by atoms with Gasteiger partial charge in [0.25, 0.3) is 5.91 Å². The zero-order valence-corrected chi connectivity index (χ0v) is 11.0. The Bertz CT molecular complexity index is 694. The lowest BCUT2D eigenvalue weighted by Gasteiger charge is -2.04. The molecule has 0 aliphatic heterocycles. The van der Waals surface area contributed by atoms with Gasteiger partial charge in [0, 0.05) is 25.5 Å². The van der Waals surface area contributed by atoms with E-state index in [1.54, 1.807) is 18.5 Å². The maximum absolute atomic E-state index is 11.9. The highest BCUT2D eigenvalue weighted by Crippen LogP contribution is 2.05. The van der Waals surface area contributed by atoms with Crippen molar-refractivity contribution in [1.29, 1.82) is 0 Å². The van der Waals surface area contributed by atoms with E-state index in [9.17, 15) is 13.2 Å². The smallest absolute Gasteiger partial charge is 0.256 e. The van der Waals surface area contributed by atoms with Crippen LogP contribution in [0.2, 0.25) is 0 Å². The molecule has 0 aliphatic rings. The van der Waals surface area contributed by atoms with Crippen LogP contribution in [0.5, 0.6) is 0 Å². The predicted octanol–water partition coefficient (Wildman–Crippen LogP) is -0.992. The maximum atomic E-state index is 11.9. The van der Waals surface area contributed by atoms with Crippen LogP contribution in [0, 0.1) is 0 Å². The fourth-order valence-electron chi connectivity index (χ4n) is 1.50. The number of rotatable bonds is 5. The molecule has 0 radical (unpaired) electrons. The number of carbonyl (C=O) groups is 1. The first-order valence-corrected chi connectivity index (χ1v) is 7.38. The third-order valence-electron chi connectivity index (χ3n) is 2.30. The number of sulfonamides is 1. The van der Waals surface area contributed by atoms with Gasteiger partial charge in [-0.05, 0) is 6.07 Å². The highest BCUT2D eigenvalue weighted by molar-refractivity contribution is 7.88. The molecular weight excluding hydrogens is 270 g/mol. The Morgan fingerprint density at radius 1 is 1.42 bits per heavy atom. The summed E-state index contributed by atoms with van der Waals surface area (Å²) in [6.07, 6.45) is 5.73. The molecule has 19 heavy (non-hydrogen) atoms. The van der Waals surface area contributed by atoms with Gasteiger partial charge in [-0.2, -0.15) is 5.10 Å². The van der Waals surface area contributed by atoms with E-state index < -0.39 is 10.0 Å². The molecule has 2 rings (SSSR count). The fraction of sp³-hybridized carbons (Fsp3) is 0.300. The van der Waals surface area contributed by atoms with Crippen molar-refractivity contribution < 1.29 is 13.2 Å². The van der Waals surface area contributed by atoms with Gasteiger partial charge >= 0.3 is 0 Å². The summed E-state index contributed by atoms with van der Waals surface area (Å²) in [6, 6.07) is 1.71. The van der Waals surface area contributed by atoms with Crippen LogP contribution in [0.3, 0.4) is 0 Å². The second kappa shape index (κ2) is 5.33. The van der Waals surface area contributed by atoms with Crippen LogP contribution in [0.25, 0.3) is 5.65 Å². The van der Waals surface area contributed by atoms with Crippen molar-refractivity contribution in [2.75, 3.05) is 19.3 Å². The zero-order chi connectivity index (χ0) is 13.9. The average molecular weight is 283 g/mol. The van der Waals surface area contributed by atoms with Gasteiger partial charge in [-0.3, -0.25) is 4.79 Å². The molecule has 0 saturated heterocycles. The summed E-state index contributed by atoms with van der Waals surface area (Å²) in [5.74, 6) is -0.344. The molecule has 0 aliphatic carbocycles. The topological polar surface area (TPSA) is 105 Å². The maximum Gasteiger partial charge on any atom is 0.256 e. The Hall–Kier alpha value is -2.00. The van der Waals surface area contributed by atoms with Crippen molar-refractivity contribution in [3.63, 3.8) is 0 Å². The quantitative estimate of drug-likeness (QED) is 0.685. The van der Waals surface area contributed by atoms with E-state index in [1.807, 2.05) is 0 Å².